The van der Waals surface area contributed by atoms with Crippen LogP contribution in [0.15, 0.2) is 0 Å². The first-order chi connectivity index (χ1) is 12.8. The number of rotatable bonds is 11. The molecule has 2 heteroatoms. The van der Waals surface area contributed by atoms with Crippen LogP contribution >= 0.6 is 0 Å². The summed E-state index contributed by atoms with van der Waals surface area (Å²) in [4.78, 5) is 2.64. The Bertz CT molecular complexity index is 245. The number of unbranched alkanes of at least 4 members (excludes halogenated alkanes) is 3. The van der Waals surface area contributed by atoms with Crippen LogP contribution < -0.4 is 5.32 Å². The molecule has 2 fully saturated rings. The SMILES string of the molecule is C1CCC(NC2CCCCC2)CC1.CCCCN(CCCC)CCCC. The van der Waals surface area contributed by atoms with Crippen LogP contribution in [0.2, 0.25) is 0 Å². The average molecular weight is 367 g/mol. The third-order valence-corrected chi connectivity index (χ3v) is 6.17. The Kier molecular flexibility index (Phi) is 15.7. The molecule has 0 radical (unpaired) electrons. The maximum atomic E-state index is 3.86. The van der Waals surface area contributed by atoms with Gasteiger partial charge in [-0.15, -0.1) is 0 Å². The molecule has 0 aromatic rings. The van der Waals surface area contributed by atoms with Gasteiger partial charge in [0.1, 0.15) is 0 Å². The van der Waals surface area contributed by atoms with Crippen molar-refractivity contribution in [1.82, 2.24) is 10.2 Å². The highest BCUT2D eigenvalue weighted by Gasteiger charge is 2.19. The monoisotopic (exact) mass is 366 g/mol. The standard InChI is InChI=1S/C12H23N.C12H27N/c1-3-7-11(8-4-1)13-12-9-5-2-6-10-12;1-4-7-10-13(11-8-5-2)12-9-6-3/h11-13H,1-10H2;4-12H2,1-3H3. The Morgan fingerprint density at radius 3 is 1.23 bits per heavy atom. The highest BCUT2D eigenvalue weighted by molar-refractivity contribution is 4.79. The van der Waals surface area contributed by atoms with Crippen molar-refractivity contribution in [2.75, 3.05) is 19.6 Å². The molecule has 2 saturated carbocycles. The highest BCUT2D eigenvalue weighted by Crippen LogP contribution is 2.22. The van der Waals surface area contributed by atoms with Crippen molar-refractivity contribution < 1.29 is 0 Å². The smallest absolute Gasteiger partial charge is 0.00696 e. The van der Waals surface area contributed by atoms with E-state index in [0.717, 1.165) is 12.1 Å². The van der Waals surface area contributed by atoms with Crippen molar-refractivity contribution in [1.29, 1.82) is 0 Å². The van der Waals surface area contributed by atoms with E-state index in [9.17, 15) is 0 Å². The summed E-state index contributed by atoms with van der Waals surface area (Å²) >= 11 is 0. The van der Waals surface area contributed by atoms with Gasteiger partial charge >= 0.3 is 0 Å². The summed E-state index contributed by atoms with van der Waals surface area (Å²) in [5.41, 5.74) is 0. The largest absolute Gasteiger partial charge is 0.311 e. The van der Waals surface area contributed by atoms with Gasteiger partial charge in [-0.05, 0) is 64.6 Å². The molecule has 0 bridgehead atoms. The second kappa shape index (κ2) is 17.0. The van der Waals surface area contributed by atoms with E-state index in [2.05, 4.69) is 31.0 Å². The van der Waals surface area contributed by atoms with Crippen molar-refractivity contribution in [2.24, 2.45) is 0 Å². The highest BCUT2D eigenvalue weighted by atomic mass is 15.1. The Morgan fingerprint density at radius 1 is 0.577 bits per heavy atom. The van der Waals surface area contributed by atoms with Crippen LogP contribution in [0.3, 0.4) is 0 Å². The molecule has 2 aliphatic rings. The molecular formula is C24H50N2. The topological polar surface area (TPSA) is 15.3 Å². The number of hydrogen-bond acceptors (Lipinski definition) is 2. The quantitative estimate of drug-likeness (QED) is 0.426. The molecule has 0 unspecified atom stereocenters. The van der Waals surface area contributed by atoms with Crippen LogP contribution in [0.4, 0.5) is 0 Å². The number of nitrogens with one attached hydrogen (secondary N) is 1. The van der Waals surface area contributed by atoms with E-state index in [1.807, 2.05) is 0 Å². The molecule has 2 rings (SSSR count). The van der Waals surface area contributed by atoms with Crippen LogP contribution in [-0.2, 0) is 0 Å². The maximum Gasteiger partial charge on any atom is 0.00696 e. The third-order valence-electron chi connectivity index (χ3n) is 6.17. The fourth-order valence-electron chi connectivity index (χ4n) is 4.35. The molecule has 0 heterocycles. The minimum absolute atomic E-state index is 0.872. The molecule has 2 nitrogen and oxygen atoms in total. The molecule has 26 heavy (non-hydrogen) atoms. The fraction of sp³-hybridized carbons (Fsp3) is 1.00. The summed E-state index contributed by atoms with van der Waals surface area (Å²) in [7, 11) is 0. The predicted molar refractivity (Wildman–Crippen MR) is 118 cm³/mol. The molecule has 0 atom stereocenters. The average Bonchev–Trinajstić information content (AvgIpc) is 2.69. The number of hydrogen-bond donors (Lipinski definition) is 1. The molecular weight excluding hydrogens is 316 g/mol. The minimum Gasteiger partial charge on any atom is -0.311 e. The summed E-state index contributed by atoms with van der Waals surface area (Å²) in [5.74, 6) is 0. The van der Waals surface area contributed by atoms with Gasteiger partial charge in [0.2, 0.25) is 0 Å². The summed E-state index contributed by atoms with van der Waals surface area (Å²) in [5, 5.41) is 3.86. The first kappa shape index (κ1) is 24.0. The second-order valence-electron chi connectivity index (χ2n) is 8.74. The third kappa shape index (κ3) is 12.3. The van der Waals surface area contributed by atoms with Crippen molar-refractivity contribution in [3.8, 4) is 0 Å². The molecule has 0 spiro atoms. The van der Waals surface area contributed by atoms with E-state index in [0.29, 0.717) is 0 Å². The van der Waals surface area contributed by atoms with Gasteiger partial charge in [-0.3, -0.25) is 0 Å². The maximum absolute atomic E-state index is 3.86. The van der Waals surface area contributed by atoms with Gasteiger partial charge in [0.25, 0.3) is 0 Å². The van der Waals surface area contributed by atoms with Crippen LogP contribution in [0.1, 0.15) is 124 Å². The Labute approximate surface area is 165 Å². The first-order valence-electron chi connectivity index (χ1n) is 12.3. The van der Waals surface area contributed by atoms with Gasteiger partial charge in [-0.1, -0.05) is 78.6 Å². The van der Waals surface area contributed by atoms with E-state index in [1.54, 1.807) is 0 Å². The van der Waals surface area contributed by atoms with E-state index in [1.165, 1.54) is 122 Å². The zero-order valence-corrected chi connectivity index (χ0v) is 18.5. The van der Waals surface area contributed by atoms with E-state index < -0.39 is 0 Å². The lowest BCUT2D eigenvalue weighted by Crippen LogP contribution is -2.40. The summed E-state index contributed by atoms with van der Waals surface area (Å²) in [6.07, 6.45) is 22.7. The van der Waals surface area contributed by atoms with Crippen molar-refractivity contribution >= 4 is 0 Å². The molecule has 0 saturated heterocycles. The molecule has 0 aromatic heterocycles. The minimum atomic E-state index is 0.872. The second-order valence-corrected chi connectivity index (χ2v) is 8.74. The summed E-state index contributed by atoms with van der Waals surface area (Å²) < 4.78 is 0. The van der Waals surface area contributed by atoms with Gasteiger partial charge in [-0.25, -0.2) is 0 Å². The Balaban J connectivity index is 0.000000260. The first-order valence-corrected chi connectivity index (χ1v) is 12.3. The van der Waals surface area contributed by atoms with Gasteiger partial charge in [0.05, 0.1) is 0 Å². The van der Waals surface area contributed by atoms with Crippen LogP contribution in [0, 0.1) is 0 Å². The zero-order valence-electron chi connectivity index (χ0n) is 18.5. The molecule has 0 amide bonds. The van der Waals surface area contributed by atoms with Crippen LogP contribution in [0.25, 0.3) is 0 Å². The lowest BCUT2D eigenvalue weighted by atomic mass is 9.91. The van der Waals surface area contributed by atoms with E-state index in [4.69, 9.17) is 0 Å². The van der Waals surface area contributed by atoms with E-state index >= 15 is 0 Å². The predicted octanol–water partition coefficient (Wildman–Crippen LogP) is 6.93. The lowest BCUT2D eigenvalue weighted by molar-refractivity contribution is 0.261. The summed E-state index contributed by atoms with van der Waals surface area (Å²) in [6.45, 7) is 10.8. The Hall–Kier alpha value is -0.0800. The van der Waals surface area contributed by atoms with E-state index in [-0.39, 0.29) is 0 Å². The Morgan fingerprint density at radius 2 is 0.923 bits per heavy atom. The normalized spacial score (nSPS) is 19.4. The van der Waals surface area contributed by atoms with Crippen molar-refractivity contribution in [2.45, 2.75) is 136 Å². The van der Waals surface area contributed by atoms with Gasteiger partial charge in [-0.2, -0.15) is 0 Å². The molecule has 1 N–H and O–H groups in total. The van der Waals surface area contributed by atoms with Gasteiger partial charge < -0.3 is 10.2 Å². The summed E-state index contributed by atoms with van der Waals surface area (Å²) in [6, 6.07) is 1.74. The van der Waals surface area contributed by atoms with Crippen molar-refractivity contribution in [3.63, 3.8) is 0 Å². The molecule has 2 aliphatic carbocycles. The van der Waals surface area contributed by atoms with Crippen LogP contribution in [0.5, 0.6) is 0 Å². The molecule has 0 aromatic carbocycles. The number of nitrogens with zero attached hydrogens (tertiary/aromatic N) is 1. The van der Waals surface area contributed by atoms with Gasteiger partial charge in [0.15, 0.2) is 0 Å². The molecule has 0 aliphatic heterocycles. The lowest BCUT2D eigenvalue weighted by Gasteiger charge is -2.30. The van der Waals surface area contributed by atoms with Crippen molar-refractivity contribution in [3.05, 3.63) is 0 Å². The zero-order chi connectivity index (χ0) is 18.9. The molecule has 156 valence electrons. The van der Waals surface area contributed by atoms with Gasteiger partial charge in [0, 0.05) is 12.1 Å². The fourth-order valence-corrected chi connectivity index (χ4v) is 4.35. The van der Waals surface area contributed by atoms with Crippen LogP contribution in [-0.4, -0.2) is 36.6 Å².